The molecule has 0 amide bonds. The molecule has 0 bridgehead atoms. The molecule has 0 fully saturated rings. The van der Waals surface area contributed by atoms with Crippen molar-refractivity contribution in [3.63, 3.8) is 0 Å². The molecule has 1 aromatic heterocycles. The molecule has 1 N–H and O–H groups in total. The van der Waals surface area contributed by atoms with E-state index >= 15 is 0 Å². The van der Waals surface area contributed by atoms with Gasteiger partial charge < -0.3 is 10.1 Å². The lowest BCUT2D eigenvalue weighted by molar-refractivity contribution is 0.416. The quantitative estimate of drug-likeness (QED) is 0.919. The number of nitrogens with zero attached hydrogens (tertiary/aromatic N) is 2. The highest BCUT2D eigenvalue weighted by Crippen LogP contribution is 2.36. The van der Waals surface area contributed by atoms with E-state index in [4.69, 9.17) is 4.74 Å². The van der Waals surface area contributed by atoms with E-state index in [1.54, 1.807) is 18.4 Å². The predicted molar refractivity (Wildman–Crippen MR) is 75.5 cm³/mol. The van der Waals surface area contributed by atoms with E-state index in [9.17, 15) is 0 Å². The number of methoxy groups -OCH3 is 1. The molecule has 18 heavy (non-hydrogen) atoms. The predicted octanol–water partition coefficient (Wildman–Crippen LogP) is 3.26. The lowest BCUT2D eigenvalue weighted by Gasteiger charge is -2.10. The topological polar surface area (TPSA) is 47.0 Å². The third kappa shape index (κ3) is 2.46. The van der Waals surface area contributed by atoms with E-state index in [0.717, 1.165) is 33.6 Å². The van der Waals surface area contributed by atoms with Gasteiger partial charge in [0.15, 0.2) is 5.01 Å². The molecule has 0 saturated carbocycles. The average Bonchev–Trinajstić information content (AvgIpc) is 2.76. The van der Waals surface area contributed by atoms with Crippen LogP contribution in [-0.4, -0.2) is 23.9 Å². The van der Waals surface area contributed by atoms with Crippen LogP contribution in [0.1, 0.15) is 18.1 Å². The second-order valence-electron chi connectivity index (χ2n) is 4.10. The first-order chi connectivity index (χ1) is 8.65. The Kier molecular flexibility index (Phi) is 3.81. The zero-order chi connectivity index (χ0) is 13.1. The monoisotopic (exact) mass is 263 g/mol. The van der Waals surface area contributed by atoms with Crippen LogP contribution in [0.15, 0.2) is 12.1 Å². The molecule has 2 aromatic rings. The summed E-state index contributed by atoms with van der Waals surface area (Å²) in [6, 6.07) is 4.16. The molecule has 0 spiro atoms. The van der Waals surface area contributed by atoms with Gasteiger partial charge in [-0.05, 0) is 38.0 Å². The Hall–Kier alpha value is -1.62. The van der Waals surface area contributed by atoms with Crippen LogP contribution >= 0.6 is 11.3 Å². The number of nitrogens with one attached hydrogen (secondary N) is 1. The van der Waals surface area contributed by atoms with Gasteiger partial charge in [0.1, 0.15) is 5.75 Å². The van der Waals surface area contributed by atoms with Gasteiger partial charge in [0.25, 0.3) is 0 Å². The Labute approximate surface area is 111 Å². The van der Waals surface area contributed by atoms with E-state index in [-0.39, 0.29) is 0 Å². The van der Waals surface area contributed by atoms with Crippen molar-refractivity contribution in [2.24, 2.45) is 0 Å². The lowest BCUT2D eigenvalue weighted by Crippen LogP contribution is -1.94. The first kappa shape index (κ1) is 12.8. The minimum absolute atomic E-state index is 0.842. The van der Waals surface area contributed by atoms with Gasteiger partial charge in [-0.2, -0.15) is 0 Å². The first-order valence-electron chi connectivity index (χ1n) is 5.88. The van der Waals surface area contributed by atoms with Crippen molar-refractivity contribution in [3.05, 3.63) is 23.3 Å². The molecule has 4 nitrogen and oxygen atoms in total. The van der Waals surface area contributed by atoms with Gasteiger partial charge in [-0.3, -0.25) is 0 Å². The second kappa shape index (κ2) is 5.35. The zero-order valence-corrected chi connectivity index (χ0v) is 11.9. The summed E-state index contributed by atoms with van der Waals surface area (Å²) in [5.74, 6) is 0.853. The molecule has 0 aliphatic rings. The molecule has 0 atom stereocenters. The highest BCUT2D eigenvalue weighted by atomic mass is 32.1. The van der Waals surface area contributed by atoms with E-state index in [2.05, 4.69) is 35.4 Å². The molecule has 0 saturated heterocycles. The Morgan fingerprint density at radius 2 is 2.06 bits per heavy atom. The van der Waals surface area contributed by atoms with Crippen LogP contribution in [0.5, 0.6) is 5.75 Å². The number of anilines is 1. The first-order valence-corrected chi connectivity index (χ1v) is 6.70. The molecule has 96 valence electrons. The number of aromatic nitrogens is 2. The number of hydrogen-bond acceptors (Lipinski definition) is 5. The second-order valence-corrected chi connectivity index (χ2v) is 5.08. The number of hydrogen-bond donors (Lipinski definition) is 1. The fraction of sp³-hybridized carbons (Fsp3) is 0.385. The van der Waals surface area contributed by atoms with Crippen molar-refractivity contribution in [2.45, 2.75) is 20.8 Å². The van der Waals surface area contributed by atoms with Crippen molar-refractivity contribution in [3.8, 4) is 16.3 Å². The fourth-order valence-corrected chi connectivity index (χ4v) is 2.84. The maximum absolute atomic E-state index is 5.45. The summed E-state index contributed by atoms with van der Waals surface area (Å²) in [7, 11) is 1.68. The maximum Gasteiger partial charge on any atom is 0.205 e. The van der Waals surface area contributed by atoms with Gasteiger partial charge >= 0.3 is 0 Å². The summed E-state index contributed by atoms with van der Waals surface area (Å²) in [4.78, 5) is 0. The highest BCUT2D eigenvalue weighted by Gasteiger charge is 2.14. The molecule has 0 radical (unpaired) electrons. The van der Waals surface area contributed by atoms with Gasteiger partial charge in [-0.15, -0.1) is 10.2 Å². The Morgan fingerprint density at radius 3 is 2.72 bits per heavy atom. The number of aryl methyl sites for hydroxylation is 2. The molecule has 0 aliphatic heterocycles. The van der Waals surface area contributed by atoms with Gasteiger partial charge in [0.2, 0.25) is 5.13 Å². The van der Waals surface area contributed by atoms with E-state index in [1.165, 1.54) is 5.56 Å². The van der Waals surface area contributed by atoms with E-state index in [0.29, 0.717) is 0 Å². The molecule has 1 aromatic carbocycles. The summed E-state index contributed by atoms with van der Waals surface area (Å²) < 4.78 is 5.45. The van der Waals surface area contributed by atoms with Gasteiger partial charge in [0.05, 0.1) is 12.7 Å². The summed E-state index contributed by atoms with van der Waals surface area (Å²) in [6.07, 6.45) is 0. The van der Waals surface area contributed by atoms with Gasteiger partial charge in [0, 0.05) is 6.54 Å². The van der Waals surface area contributed by atoms with Crippen LogP contribution in [0.4, 0.5) is 5.13 Å². The molecule has 5 heteroatoms. The highest BCUT2D eigenvalue weighted by molar-refractivity contribution is 7.18. The van der Waals surface area contributed by atoms with Crippen LogP contribution in [0.25, 0.3) is 10.6 Å². The lowest BCUT2D eigenvalue weighted by atomic mass is 10.0. The van der Waals surface area contributed by atoms with Crippen LogP contribution in [0.3, 0.4) is 0 Å². The third-order valence-corrected chi connectivity index (χ3v) is 3.53. The molecule has 0 aliphatic carbocycles. The minimum Gasteiger partial charge on any atom is -0.496 e. The standard InChI is InChI=1S/C13H17N3OS/c1-5-14-13-16-15-12(18-13)11-9(3)6-8(2)7-10(11)17-4/h6-7H,5H2,1-4H3,(H,14,16). The molecule has 0 unspecified atom stereocenters. The SMILES string of the molecule is CCNc1nnc(-c2c(C)cc(C)cc2OC)s1. The average molecular weight is 263 g/mol. The normalized spacial score (nSPS) is 10.4. The fourth-order valence-electron chi connectivity index (χ4n) is 1.91. The summed E-state index contributed by atoms with van der Waals surface area (Å²) >= 11 is 1.55. The number of ether oxygens (including phenoxy) is 1. The molecular formula is C13H17N3OS. The van der Waals surface area contributed by atoms with Crippen LogP contribution in [0, 0.1) is 13.8 Å². The Morgan fingerprint density at radius 1 is 1.28 bits per heavy atom. The maximum atomic E-state index is 5.45. The summed E-state index contributed by atoms with van der Waals surface area (Å²) in [5.41, 5.74) is 3.38. The summed E-state index contributed by atoms with van der Waals surface area (Å²) in [5, 5.41) is 13.3. The largest absolute Gasteiger partial charge is 0.496 e. The number of rotatable bonds is 4. The van der Waals surface area contributed by atoms with Crippen molar-refractivity contribution in [1.29, 1.82) is 0 Å². The van der Waals surface area contributed by atoms with E-state index < -0.39 is 0 Å². The van der Waals surface area contributed by atoms with Crippen molar-refractivity contribution >= 4 is 16.5 Å². The summed E-state index contributed by atoms with van der Waals surface area (Å²) in [6.45, 7) is 7.01. The molecular weight excluding hydrogens is 246 g/mol. The zero-order valence-electron chi connectivity index (χ0n) is 11.1. The smallest absolute Gasteiger partial charge is 0.205 e. The van der Waals surface area contributed by atoms with Gasteiger partial charge in [-0.1, -0.05) is 17.4 Å². The van der Waals surface area contributed by atoms with Crippen LogP contribution < -0.4 is 10.1 Å². The van der Waals surface area contributed by atoms with Gasteiger partial charge in [-0.25, -0.2) is 0 Å². The van der Waals surface area contributed by atoms with Crippen molar-refractivity contribution in [2.75, 3.05) is 19.0 Å². The van der Waals surface area contributed by atoms with Crippen molar-refractivity contribution < 1.29 is 4.74 Å². The molecule has 2 rings (SSSR count). The molecule has 1 heterocycles. The minimum atomic E-state index is 0.842. The number of benzene rings is 1. The van der Waals surface area contributed by atoms with E-state index in [1.807, 2.05) is 13.0 Å². The Balaban J connectivity index is 2.48. The van der Waals surface area contributed by atoms with Crippen LogP contribution in [0.2, 0.25) is 0 Å². The Bertz CT molecular complexity index is 551. The third-order valence-electron chi connectivity index (χ3n) is 2.63. The van der Waals surface area contributed by atoms with Crippen molar-refractivity contribution in [1.82, 2.24) is 10.2 Å². The van der Waals surface area contributed by atoms with Crippen LogP contribution in [-0.2, 0) is 0 Å².